The Bertz CT molecular complexity index is 395. The van der Waals surface area contributed by atoms with Crippen molar-refractivity contribution >= 4 is 11.9 Å². The molecule has 0 fully saturated rings. The van der Waals surface area contributed by atoms with Gasteiger partial charge in [-0.15, -0.1) is 0 Å². The number of aliphatic carboxylic acids is 2. The minimum atomic E-state index is -1.01. The second-order valence-electron chi connectivity index (χ2n) is 3.70. The number of carbonyl (C=O) groups is 2. The van der Waals surface area contributed by atoms with Crippen LogP contribution >= 0.6 is 0 Å². The third kappa shape index (κ3) is 2.82. The normalized spacial score (nSPS) is 10.7. The van der Waals surface area contributed by atoms with Gasteiger partial charge in [-0.2, -0.15) is 5.10 Å². The summed E-state index contributed by atoms with van der Waals surface area (Å²) in [5.41, 5.74) is 1.49. The first kappa shape index (κ1) is 12.2. The molecule has 0 amide bonds. The Labute approximate surface area is 92.5 Å². The number of carboxylic acids is 2. The molecule has 0 spiro atoms. The predicted octanol–water partition coefficient (Wildman–Crippen LogP) is 0.762. The van der Waals surface area contributed by atoms with Gasteiger partial charge in [0.2, 0.25) is 0 Å². The molecule has 0 unspecified atom stereocenters. The lowest BCUT2D eigenvalue weighted by molar-refractivity contribution is -0.139. The van der Waals surface area contributed by atoms with Gasteiger partial charge in [0.25, 0.3) is 0 Å². The van der Waals surface area contributed by atoms with Gasteiger partial charge >= 0.3 is 11.9 Å². The monoisotopic (exact) mass is 226 g/mol. The minimum Gasteiger partial charge on any atom is -0.481 e. The Kier molecular flexibility index (Phi) is 3.65. The van der Waals surface area contributed by atoms with Gasteiger partial charge in [0, 0.05) is 18.7 Å². The zero-order valence-electron chi connectivity index (χ0n) is 9.17. The molecule has 0 radical (unpaired) electrons. The van der Waals surface area contributed by atoms with Crippen molar-refractivity contribution in [1.82, 2.24) is 9.78 Å². The first-order chi connectivity index (χ1) is 7.41. The Balaban J connectivity index is 2.95. The van der Waals surface area contributed by atoms with E-state index in [2.05, 4.69) is 5.10 Å². The van der Waals surface area contributed by atoms with Crippen LogP contribution in [-0.4, -0.2) is 31.9 Å². The lowest BCUT2D eigenvalue weighted by Crippen LogP contribution is -2.12. The molecule has 16 heavy (non-hydrogen) atoms. The molecule has 88 valence electrons. The highest BCUT2D eigenvalue weighted by Crippen LogP contribution is 2.25. The maximum atomic E-state index is 10.7. The van der Waals surface area contributed by atoms with Crippen molar-refractivity contribution in [2.75, 3.05) is 0 Å². The summed E-state index contributed by atoms with van der Waals surface area (Å²) in [4.78, 5) is 21.3. The van der Waals surface area contributed by atoms with Gasteiger partial charge < -0.3 is 10.2 Å². The van der Waals surface area contributed by atoms with E-state index in [4.69, 9.17) is 10.2 Å². The van der Waals surface area contributed by atoms with E-state index < -0.39 is 17.9 Å². The van der Waals surface area contributed by atoms with E-state index in [9.17, 15) is 9.59 Å². The Morgan fingerprint density at radius 3 is 2.19 bits per heavy atom. The van der Waals surface area contributed by atoms with Crippen molar-refractivity contribution in [3.05, 3.63) is 17.5 Å². The van der Waals surface area contributed by atoms with Crippen molar-refractivity contribution in [3.63, 3.8) is 0 Å². The maximum Gasteiger partial charge on any atom is 0.303 e. The van der Waals surface area contributed by atoms with Crippen molar-refractivity contribution in [2.24, 2.45) is 7.05 Å². The molecule has 6 nitrogen and oxygen atoms in total. The molecule has 0 atom stereocenters. The van der Waals surface area contributed by atoms with Crippen LogP contribution in [0.1, 0.15) is 30.0 Å². The van der Waals surface area contributed by atoms with E-state index in [1.165, 1.54) is 6.20 Å². The van der Waals surface area contributed by atoms with Crippen molar-refractivity contribution < 1.29 is 19.8 Å². The van der Waals surface area contributed by atoms with E-state index in [0.717, 1.165) is 5.69 Å². The third-order valence-electron chi connectivity index (χ3n) is 2.56. The number of nitrogens with zero attached hydrogens (tertiary/aromatic N) is 2. The fourth-order valence-electron chi connectivity index (χ4n) is 1.63. The zero-order valence-corrected chi connectivity index (χ0v) is 9.17. The van der Waals surface area contributed by atoms with Crippen LogP contribution in [0.25, 0.3) is 0 Å². The fourth-order valence-corrected chi connectivity index (χ4v) is 1.63. The van der Waals surface area contributed by atoms with Crippen LogP contribution in [0.2, 0.25) is 0 Å². The number of hydrogen-bond acceptors (Lipinski definition) is 3. The van der Waals surface area contributed by atoms with Crippen molar-refractivity contribution in [2.45, 2.75) is 25.7 Å². The smallest absolute Gasteiger partial charge is 0.303 e. The summed E-state index contributed by atoms with van der Waals surface area (Å²) < 4.78 is 1.60. The fraction of sp³-hybridized carbons (Fsp3) is 0.500. The molecule has 1 heterocycles. The van der Waals surface area contributed by atoms with Gasteiger partial charge in [-0.25, -0.2) is 0 Å². The van der Waals surface area contributed by atoms with Crippen LogP contribution in [-0.2, 0) is 16.6 Å². The van der Waals surface area contributed by atoms with Crippen molar-refractivity contribution in [1.29, 1.82) is 0 Å². The highest BCUT2D eigenvalue weighted by molar-refractivity contribution is 5.72. The molecular formula is C10H14N2O4. The SMILES string of the molecule is Cc1c(C(CC(=O)O)CC(=O)O)cnn1C. The summed E-state index contributed by atoms with van der Waals surface area (Å²) in [7, 11) is 1.73. The molecule has 2 N–H and O–H groups in total. The number of aromatic nitrogens is 2. The molecule has 1 aromatic heterocycles. The first-order valence-electron chi connectivity index (χ1n) is 4.84. The molecular weight excluding hydrogens is 212 g/mol. The predicted molar refractivity (Wildman–Crippen MR) is 55.2 cm³/mol. The highest BCUT2D eigenvalue weighted by Gasteiger charge is 2.22. The van der Waals surface area contributed by atoms with Crippen molar-refractivity contribution in [3.8, 4) is 0 Å². The number of hydrogen-bond donors (Lipinski definition) is 2. The van der Waals surface area contributed by atoms with E-state index in [1.807, 2.05) is 0 Å². The highest BCUT2D eigenvalue weighted by atomic mass is 16.4. The Morgan fingerprint density at radius 2 is 1.88 bits per heavy atom. The van der Waals surface area contributed by atoms with Gasteiger partial charge in [0.05, 0.1) is 19.0 Å². The van der Waals surface area contributed by atoms with E-state index in [0.29, 0.717) is 5.56 Å². The van der Waals surface area contributed by atoms with Crippen LogP contribution in [0.5, 0.6) is 0 Å². The maximum absolute atomic E-state index is 10.7. The topological polar surface area (TPSA) is 92.4 Å². The van der Waals surface area contributed by atoms with E-state index in [-0.39, 0.29) is 12.8 Å². The molecule has 1 aromatic rings. The summed E-state index contributed by atoms with van der Waals surface area (Å²) in [6.07, 6.45) is 1.14. The molecule has 1 rings (SSSR count). The molecule has 6 heteroatoms. The average Bonchev–Trinajstić information content (AvgIpc) is 2.45. The van der Waals surface area contributed by atoms with Gasteiger partial charge in [-0.05, 0) is 12.5 Å². The summed E-state index contributed by atoms with van der Waals surface area (Å²) >= 11 is 0. The minimum absolute atomic E-state index is 0.196. The average molecular weight is 226 g/mol. The molecule has 0 saturated carbocycles. The summed E-state index contributed by atoms with van der Waals surface area (Å²) in [5, 5.41) is 21.5. The Hall–Kier alpha value is -1.85. The molecule has 0 aliphatic rings. The van der Waals surface area contributed by atoms with Gasteiger partial charge in [0.1, 0.15) is 0 Å². The van der Waals surface area contributed by atoms with Crippen LogP contribution in [0.15, 0.2) is 6.20 Å². The standard InChI is InChI=1S/C10H14N2O4/c1-6-8(5-11-12(6)2)7(3-9(13)14)4-10(15)16/h5,7H,3-4H2,1-2H3,(H,13,14)(H,15,16). The second kappa shape index (κ2) is 4.78. The summed E-state index contributed by atoms with van der Waals surface area (Å²) in [5.74, 6) is -2.53. The Morgan fingerprint density at radius 1 is 1.38 bits per heavy atom. The first-order valence-corrected chi connectivity index (χ1v) is 4.84. The van der Waals surface area contributed by atoms with Crippen LogP contribution in [0, 0.1) is 6.92 Å². The van der Waals surface area contributed by atoms with Gasteiger partial charge in [0.15, 0.2) is 0 Å². The van der Waals surface area contributed by atoms with E-state index in [1.54, 1.807) is 18.7 Å². The van der Waals surface area contributed by atoms with Crippen LogP contribution < -0.4 is 0 Å². The van der Waals surface area contributed by atoms with Gasteiger partial charge in [-0.3, -0.25) is 14.3 Å². The van der Waals surface area contributed by atoms with Crippen LogP contribution in [0.3, 0.4) is 0 Å². The largest absolute Gasteiger partial charge is 0.481 e. The van der Waals surface area contributed by atoms with Gasteiger partial charge in [-0.1, -0.05) is 0 Å². The van der Waals surface area contributed by atoms with E-state index >= 15 is 0 Å². The van der Waals surface area contributed by atoms with Crippen LogP contribution in [0.4, 0.5) is 0 Å². The lowest BCUT2D eigenvalue weighted by Gasteiger charge is -2.11. The summed E-state index contributed by atoms with van der Waals surface area (Å²) in [6, 6.07) is 0. The second-order valence-corrected chi connectivity index (χ2v) is 3.70. The third-order valence-corrected chi connectivity index (χ3v) is 2.56. The molecule has 0 aliphatic carbocycles. The number of carboxylic acid groups (broad SMARTS) is 2. The molecule has 0 saturated heterocycles. The summed E-state index contributed by atoms with van der Waals surface area (Å²) in [6.45, 7) is 1.79. The molecule has 0 bridgehead atoms. The molecule has 0 aromatic carbocycles. The lowest BCUT2D eigenvalue weighted by atomic mass is 9.93. The zero-order chi connectivity index (χ0) is 12.3. The molecule has 0 aliphatic heterocycles. The number of rotatable bonds is 5. The quantitative estimate of drug-likeness (QED) is 0.773. The number of aryl methyl sites for hydroxylation is 1.